The molecule has 1 atom stereocenters. The summed E-state index contributed by atoms with van der Waals surface area (Å²) in [6, 6.07) is 18.0. The fraction of sp³-hybridized carbons (Fsp3) is 0.280. The van der Waals surface area contributed by atoms with Gasteiger partial charge in [-0.25, -0.2) is 4.79 Å². The zero-order valence-electron chi connectivity index (χ0n) is 18.2. The summed E-state index contributed by atoms with van der Waals surface area (Å²) < 4.78 is 11.7. The van der Waals surface area contributed by atoms with E-state index in [1.165, 1.54) is 6.92 Å². The molecule has 168 valence electrons. The number of aliphatic carboxylic acids is 1. The van der Waals surface area contributed by atoms with Crippen LogP contribution in [0.2, 0.25) is 5.02 Å². The molecule has 0 aromatic heterocycles. The van der Waals surface area contributed by atoms with Crippen LogP contribution in [0.3, 0.4) is 0 Å². The number of benzene rings is 3. The first kappa shape index (κ1) is 23.4. The van der Waals surface area contributed by atoms with Gasteiger partial charge in [-0.1, -0.05) is 55.8 Å². The van der Waals surface area contributed by atoms with E-state index in [-0.39, 0.29) is 24.7 Å². The van der Waals surface area contributed by atoms with Crippen LogP contribution in [0.5, 0.6) is 11.5 Å². The molecule has 0 saturated heterocycles. The van der Waals surface area contributed by atoms with Crippen molar-refractivity contribution in [3.8, 4) is 11.5 Å². The van der Waals surface area contributed by atoms with Gasteiger partial charge in [0.1, 0.15) is 30.3 Å². The second-order valence-electron chi connectivity index (χ2n) is 7.93. The number of fused-ring (bicyclic) bond motifs is 1. The van der Waals surface area contributed by atoms with Crippen LogP contribution in [0.4, 0.5) is 0 Å². The molecule has 7 heteroatoms. The lowest BCUT2D eigenvalue weighted by molar-refractivity contribution is -0.145. The van der Waals surface area contributed by atoms with Gasteiger partial charge in [-0.3, -0.25) is 4.79 Å². The number of hydrogen-bond acceptors (Lipinski definition) is 4. The van der Waals surface area contributed by atoms with Crippen LogP contribution in [0.25, 0.3) is 10.8 Å². The van der Waals surface area contributed by atoms with Gasteiger partial charge in [0.25, 0.3) is 5.91 Å². The van der Waals surface area contributed by atoms with E-state index in [0.717, 1.165) is 10.8 Å². The number of carboxylic acid groups (broad SMARTS) is 1. The Kier molecular flexibility index (Phi) is 7.26. The highest BCUT2D eigenvalue weighted by Crippen LogP contribution is 2.31. The molecule has 3 aromatic rings. The second-order valence-corrected chi connectivity index (χ2v) is 8.37. The Hall–Kier alpha value is -3.25. The first-order valence-electron chi connectivity index (χ1n) is 10.3. The quantitative estimate of drug-likeness (QED) is 0.434. The smallest absolute Gasteiger partial charge is 0.329 e. The normalized spacial score (nSPS) is 12.9. The molecule has 2 N–H and O–H groups in total. The number of amides is 1. The highest BCUT2D eigenvalue weighted by atomic mass is 35.5. The first-order chi connectivity index (χ1) is 15.2. The second kappa shape index (κ2) is 9.92. The molecule has 0 fully saturated rings. The summed E-state index contributed by atoms with van der Waals surface area (Å²) in [5.41, 5.74) is -1.15. The summed E-state index contributed by atoms with van der Waals surface area (Å²) in [5.74, 6) is -0.884. The molecule has 1 amide bonds. The summed E-state index contributed by atoms with van der Waals surface area (Å²) >= 11 is 5.89. The third kappa shape index (κ3) is 5.14. The molecule has 0 spiro atoms. The zero-order valence-corrected chi connectivity index (χ0v) is 19.0. The van der Waals surface area contributed by atoms with Crippen molar-refractivity contribution in [3.05, 3.63) is 71.2 Å². The zero-order chi connectivity index (χ0) is 23.3. The molecule has 3 aromatic carbocycles. The van der Waals surface area contributed by atoms with Crippen molar-refractivity contribution in [2.24, 2.45) is 5.92 Å². The SMILES string of the molecule is CC(C)C(C)(NC(=O)c1ccc2ccccc2c1OCCOc1ccc(Cl)cc1)C(=O)O. The van der Waals surface area contributed by atoms with Gasteiger partial charge in [0.05, 0.1) is 5.56 Å². The number of carboxylic acids is 1. The lowest BCUT2D eigenvalue weighted by atomic mass is 9.88. The minimum absolute atomic E-state index is 0.192. The van der Waals surface area contributed by atoms with Crippen LogP contribution in [0.15, 0.2) is 60.7 Å². The fourth-order valence-corrected chi connectivity index (χ4v) is 3.29. The number of rotatable bonds is 9. The van der Waals surface area contributed by atoms with E-state index in [2.05, 4.69) is 5.32 Å². The summed E-state index contributed by atoms with van der Waals surface area (Å²) in [6.07, 6.45) is 0. The Morgan fingerprint density at radius 3 is 2.31 bits per heavy atom. The highest BCUT2D eigenvalue weighted by Gasteiger charge is 2.39. The van der Waals surface area contributed by atoms with E-state index >= 15 is 0 Å². The van der Waals surface area contributed by atoms with Gasteiger partial charge < -0.3 is 19.9 Å². The van der Waals surface area contributed by atoms with Crippen molar-refractivity contribution >= 4 is 34.2 Å². The summed E-state index contributed by atoms with van der Waals surface area (Å²) in [6.45, 7) is 5.45. The van der Waals surface area contributed by atoms with E-state index in [4.69, 9.17) is 21.1 Å². The first-order valence-corrected chi connectivity index (χ1v) is 10.7. The largest absolute Gasteiger partial charge is 0.490 e. The Bertz CT molecular complexity index is 1110. The molecule has 0 heterocycles. The Morgan fingerprint density at radius 1 is 1.00 bits per heavy atom. The molecule has 0 aliphatic heterocycles. The van der Waals surface area contributed by atoms with Crippen LogP contribution in [0.1, 0.15) is 31.1 Å². The molecule has 0 radical (unpaired) electrons. The number of halogens is 1. The van der Waals surface area contributed by atoms with Crippen LogP contribution < -0.4 is 14.8 Å². The lowest BCUT2D eigenvalue weighted by Crippen LogP contribution is -2.55. The Labute approximate surface area is 192 Å². The standard InChI is InChI=1S/C25H26ClNO5/c1-16(2)25(3,24(29)30)27-23(28)21-13-8-17-6-4-5-7-20(17)22(21)32-15-14-31-19-11-9-18(26)10-12-19/h4-13,16H,14-15H2,1-3H3,(H,27,28)(H,29,30). The molecular weight excluding hydrogens is 430 g/mol. The molecule has 32 heavy (non-hydrogen) atoms. The van der Waals surface area contributed by atoms with Crippen molar-refractivity contribution in [2.75, 3.05) is 13.2 Å². The topological polar surface area (TPSA) is 84.9 Å². The van der Waals surface area contributed by atoms with Gasteiger partial charge in [0.15, 0.2) is 0 Å². The summed E-state index contributed by atoms with van der Waals surface area (Å²) in [5, 5.41) is 14.6. The summed E-state index contributed by atoms with van der Waals surface area (Å²) in [7, 11) is 0. The molecular formula is C25H26ClNO5. The van der Waals surface area contributed by atoms with Gasteiger partial charge >= 0.3 is 5.97 Å². The van der Waals surface area contributed by atoms with Crippen molar-refractivity contribution < 1.29 is 24.2 Å². The van der Waals surface area contributed by atoms with Gasteiger partial charge in [0.2, 0.25) is 0 Å². The number of ether oxygens (including phenoxy) is 2. The number of carbonyl (C=O) groups excluding carboxylic acids is 1. The van der Waals surface area contributed by atoms with Crippen molar-refractivity contribution in [3.63, 3.8) is 0 Å². The average molecular weight is 456 g/mol. The molecule has 0 aliphatic carbocycles. The fourth-order valence-electron chi connectivity index (χ4n) is 3.16. The van der Waals surface area contributed by atoms with E-state index in [1.54, 1.807) is 44.2 Å². The maximum Gasteiger partial charge on any atom is 0.329 e. The van der Waals surface area contributed by atoms with Crippen LogP contribution in [-0.4, -0.2) is 35.7 Å². The van der Waals surface area contributed by atoms with E-state index in [9.17, 15) is 14.7 Å². The number of carbonyl (C=O) groups is 2. The summed E-state index contributed by atoms with van der Waals surface area (Å²) in [4.78, 5) is 24.9. The van der Waals surface area contributed by atoms with Crippen molar-refractivity contribution in [1.29, 1.82) is 0 Å². The van der Waals surface area contributed by atoms with Gasteiger partial charge in [0, 0.05) is 10.4 Å². The molecule has 0 saturated carbocycles. The van der Waals surface area contributed by atoms with Crippen LogP contribution in [-0.2, 0) is 4.79 Å². The highest BCUT2D eigenvalue weighted by molar-refractivity contribution is 6.30. The van der Waals surface area contributed by atoms with E-state index in [0.29, 0.717) is 16.5 Å². The van der Waals surface area contributed by atoms with E-state index in [1.807, 2.05) is 30.3 Å². The minimum atomic E-state index is -1.42. The maximum absolute atomic E-state index is 13.1. The lowest BCUT2D eigenvalue weighted by Gasteiger charge is -2.30. The van der Waals surface area contributed by atoms with Crippen LogP contribution >= 0.6 is 11.6 Å². The monoisotopic (exact) mass is 455 g/mol. The molecule has 0 aliphatic rings. The Balaban J connectivity index is 1.83. The van der Waals surface area contributed by atoms with E-state index < -0.39 is 17.4 Å². The van der Waals surface area contributed by atoms with Crippen molar-refractivity contribution in [2.45, 2.75) is 26.3 Å². The number of nitrogens with one attached hydrogen (secondary N) is 1. The maximum atomic E-state index is 13.1. The Morgan fingerprint density at radius 2 is 1.66 bits per heavy atom. The predicted octanol–water partition coefficient (Wildman–Crippen LogP) is 5.18. The predicted molar refractivity (Wildman–Crippen MR) is 125 cm³/mol. The van der Waals surface area contributed by atoms with Crippen LogP contribution in [0, 0.1) is 5.92 Å². The average Bonchev–Trinajstić information content (AvgIpc) is 2.77. The van der Waals surface area contributed by atoms with Gasteiger partial charge in [-0.2, -0.15) is 0 Å². The minimum Gasteiger partial charge on any atom is -0.490 e. The third-order valence-electron chi connectivity index (χ3n) is 5.51. The molecule has 6 nitrogen and oxygen atoms in total. The van der Waals surface area contributed by atoms with Gasteiger partial charge in [-0.15, -0.1) is 0 Å². The van der Waals surface area contributed by atoms with Gasteiger partial charge in [-0.05, 0) is 48.6 Å². The van der Waals surface area contributed by atoms with Crippen molar-refractivity contribution in [1.82, 2.24) is 5.32 Å². The molecule has 0 bridgehead atoms. The third-order valence-corrected chi connectivity index (χ3v) is 5.76. The number of hydrogen-bond donors (Lipinski definition) is 2. The molecule has 1 unspecified atom stereocenters. The molecule has 3 rings (SSSR count).